The molecule has 0 amide bonds. The standard InChI is InChI=1S/C9H9N3O2/c10-8(9(13)14)6-5-11-12-4-2-1-3-7(6)12/h1-5,8H,10H2,(H,13,14). The minimum Gasteiger partial charge on any atom is -0.480 e. The maximum absolute atomic E-state index is 10.7. The summed E-state index contributed by atoms with van der Waals surface area (Å²) in [6.45, 7) is 0. The quantitative estimate of drug-likeness (QED) is 0.720. The predicted octanol–water partition coefficient (Wildman–Crippen LogP) is 0.419. The summed E-state index contributed by atoms with van der Waals surface area (Å²) in [6.07, 6.45) is 3.22. The summed E-state index contributed by atoms with van der Waals surface area (Å²) < 4.78 is 1.60. The molecule has 0 saturated carbocycles. The third kappa shape index (κ3) is 1.23. The monoisotopic (exact) mass is 191 g/mol. The molecular formula is C9H9N3O2. The van der Waals surface area contributed by atoms with Crippen LogP contribution in [0.1, 0.15) is 11.6 Å². The molecule has 0 spiro atoms. The summed E-state index contributed by atoms with van der Waals surface area (Å²) >= 11 is 0. The van der Waals surface area contributed by atoms with Gasteiger partial charge in [-0.1, -0.05) is 6.07 Å². The molecule has 72 valence electrons. The van der Waals surface area contributed by atoms with Crippen LogP contribution in [0.5, 0.6) is 0 Å². The first-order valence-corrected chi connectivity index (χ1v) is 4.11. The van der Waals surface area contributed by atoms with Crippen molar-refractivity contribution in [3.63, 3.8) is 0 Å². The highest BCUT2D eigenvalue weighted by Gasteiger charge is 2.18. The number of aliphatic carboxylic acids is 1. The average molecular weight is 191 g/mol. The second kappa shape index (κ2) is 3.12. The Kier molecular flexibility index (Phi) is 1.94. The molecule has 2 aromatic rings. The molecule has 14 heavy (non-hydrogen) atoms. The zero-order chi connectivity index (χ0) is 10.1. The first-order chi connectivity index (χ1) is 6.70. The van der Waals surface area contributed by atoms with Crippen LogP contribution < -0.4 is 5.73 Å². The number of nitrogens with zero attached hydrogens (tertiary/aromatic N) is 2. The van der Waals surface area contributed by atoms with Gasteiger partial charge in [0, 0.05) is 11.8 Å². The molecule has 0 bridgehead atoms. The molecule has 2 heterocycles. The van der Waals surface area contributed by atoms with Crippen molar-refractivity contribution in [2.24, 2.45) is 5.73 Å². The van der Waals surface area contributed by atoms with Crippen LogP contribution in [0.25, 0.3) is 5.52 Å². The minimum absolute atomic E-state index is 0.526. The molecule has 2 rings (SSSR count). The van der Waals surface area contributed by atoms with Crippen LogP contribution in [-0.4, -0.2) is 20.7 Å². The van der Waals surface area contributed by atoms with Gasteiger partial charge in [-0.2, -0.15) is 5.10 Å². The number of rotatable bonds is 2. The fourth-order valence-electron chi connectivity index (χ4n) is 1.33. The van der Waals surface area contributed by atoms with Crippen LogP contribution in [0.4, 0.5) is 0 Å². The molecule has 3 N–H and O–H groups in total. The van der Waals surface area contributed by atoms with Crippen molar-refractivity contribution < 1.29 is 9.90 Å². The number of fused-ring (bicyclic) bond motifs is 1. The Balaban J connectivity index is 2.58. The number of hydrogen-bond donors (Lipinski definition) is 2. The van der Waals surface area contributed by atoms with Gasteiger partial charge in [0.1, 0.15) is 6.04 Å². The predicted molar refractivity (Wildman–Crippen MR) is 49.8 cm³/mol. The van der Waals surface area contributed by atoms with E-state index in [1.54, 1.807) is 16.8 Å². The topological polar surface area (TPSA) is 80.6 Å². The Bertz CT molecular complexity index is 478. The first-order valence-electron chi connectivity index (χ1n) is 4.11. The minimum atomic E-state index is -1.05. The lowest BCUT2D eigenvalue weighted by Gasteiger charge is -2.03. The van der Waals surface area contributed by atoms with E-state index in [-0.39, 0.29) is 0 Å². The maximum atomic E-state index is 10.7. The van der Waals surface area contributed by atoms with Crippen LogP contribution in [0, 0.1) is 0 Å². The van der Waals surface area contributed by atoms with Gasteiger partial charge in [0.05, 0.1) is 11.7 Å². The molecular weight excluding hydrogens is 182 g/mol. The molecule has 0 aromatic carbocycles. The summed E-state index contributed by atoms with van der Waals surface area (Å²) in [7, 11) is 0. The van der Waals surface area contributed by atoms with Gasteiger partial charge in [-0.3, -0.25) is 4.79 Å². The van der Waals surface area contributed by atoms with E-state index < -0.39 is 12.0 Å². The van der Waals surface area contributed by atoms with Gasteiger partial charge < -0.3 is 10.8 Å². The molecule has 0 radical (unpaired) electrons. The molecule has 0 aliphatic carbocycles. The molecule has 5 heteroatoms. The van der Waals surface area contributed by atoms with Crippen LogP contribution in [0.15, 0.2) is 30.6 Å². The smallest absolute Gasteiger partial charge is 0.325 e. The molecule has 2 aromatic heterocycles. The zero-order valence-corrected chi connectivity index (χ0v) is 7.29. The number of hydrogen-bond acceptors (Lipinski definition) is 3. The average Bonchev–Trinajstić information content (AvgIpc) is 2.60. The highest BCUT2D eigenvalue weighted by Crippen LogP contribution is 2.16. The molecule has 5 nitrogen and oxygen atoms in total. The van der Waals surface area contributed by atoms with Crippen LogP contribution in [0.2, 0.25) is 0 Å². The van der Waals surface area contributed by atoms with Crippen molar-refractivity contribution in [1.29, 1.82) is 0 Å². The van der Waals surface area contributed by atoms with Crippen LogP contribution >= 0.6 is 0 Å². The van der Waals surface area contributed by atoms with E-state index in [2.05, 4.69) is 5.10 Å². The Hall–Kier alpha value is -1.88. The maximum Gasteiger partial charge on any atom is 0.325 e. The fraction of sp³-hybridized carbons (Fsp3) is 0.111. The van der Waals surface area contributed by atoms with Crippen molar-refractivity contribution in [2.75, 3.05) is 0 Å². The number of nitrogens with two attached hydrogens (primary N) is 1. The molecule has 1 unspecified atom stereocenters. The van der Waals surface area contributed by atoms with Gasteiger partial charge in [-0.25, -0.2) is 4.52 Å². The Morgan fingerprint density at radius 1 is 1.57 bits per heavy atom. The third-order valence-corrected chi connectivity index (χ3v) is 2.06. The highest BCUT2D eigenvalue weighted by atomic mass is 16.4. The van der Waals surface area contributed by atoms with E-state index in [1.807, 2.05) is 12.1 Å². The van der Waals surface area contributed by atoms with E-state index in [4.69, 9.17) is 10.8 Å². The summed E-state index contributed by atoms with van der Waals surface area (Å²) in [5, 5.41) is 12.7. The van der Waals surface area contributed by atoms with E-state index in [9.17, 15) is 4.79 Å². The molecule has 0 aliphatic rings. The second-order valence-electron chi connectivity index (χ2n) is 2.95. The normalized spacial score (nSPS) is 12.9. The van der Waals surface area contributed by atoms with Crippen LogP contribution in [-0.2, 0) is 4.79 Å². The second-order valence-corrected chi connectivity index (χ2v) is 2.95. The highest BCUT2D eigenvalue weighted by molar-refractivity contribution is 5.78. The largest absolute Gasteiger partial charge is 0.480 e. The van der Waals surface area contributed by atoms with E-state index in [0.29, 0.717) is 5.56 Å². The third-order valence-electron chi connectivity index (χ3n) is 2.06. The molecule has 0 saturated heterocycles. The van der Waals surface area contributed by atoms with Gasteiger partial charge in [-0.05, 0) is 12.1 Å². The summed E-state index contributed by atoms with van der Waals surface area (Å²) in [5.74, 6) is -1.05. The van der Waals surface area contributed by atoms with Gasteiger partial charge >= 0.3 is 5.97 Å². The lowest BCUT2D eigenvalue weighted by Crippen LogP contribution is -2.20. The number of pyridine rings is 1. The van der Waals surface area contributed by atoms with Gasteiger partial charge in [0.2, 0.25) is 0 Å². The Morgan fingerprint density at radius 2 is 2.36 bits per heavy atom. The Morgan fingerprint density at radius 3 is 3.07 bits per heavy atom. The van der Waals surface area contributed by atoms with Crippen LogP contribution in [0.3, 0.4) is 0 Å². The molecule has 0 fully saturated rings. The summed E-state index contributed by atoms with van der Waals surface area (Å²) in [6, 6.07) is 4.39. The Labute approximate surface area is 79.8 Å². The van der Waals surface area contributed by atoms with E-state index >= 15 is 0 Å². The lowest BCUT2D eigenvalue weighted by atomic mass is 10.1. The number of aromatic nitrogens is 2. The SMILES string of the molecule is NC(C(=O)O)c1cnn2ccccc12. The zero-order valence-electron chi connectivity index (χ0n) is 7.29. The van der Waals surface area contributed by atoms with E-state index in [1.165, 1.54) is 6.20 Å². The van der Waals surface area contributed by atoms with E-state index in [0.717, 1.165) is 5.52 Å². The lowest BCUT2D eigenvalue weighted by molar-refractivity contribution is -0.138. The van der Waals surface area contributed by atoms with Gasteiger partial charge in [0.25, 0.3) is 0 Å². The number of carboxylic acid groups (broad SMARTS) is 1. The van der Waals surface area contributed by atoms with Gasteiger partial charge in [-0.15, -0.1) is 0 Å². The molecule has 1 atom stereocenters. The number of carboxylic acids is 1. The summed E-state index contributed by atoms with van der Waals surface area (Å²) in [5.41, 5.74) is 6.75. The van der Waals surface area contributed by atoms with Crippen molar-refractivity contribution >= 4 is 11.5 Å². The number of carbonyl (C=O) groups is 1. The first kappa shape index (κ1) is 8.71. The fourth-order valence-corrected chi connectivity index (χ4v) is 1.33. The van der Waals surface area contributed by atoms with Crippen molar-refractivity contribution in [1.82, 2.24) is 9.61 Å². The summed E-state index contributed by atoms with van der Waals surface area (Å²) in [4.78, 5) is 10.7. The van der Waals surface area contributed by atoms with Crippen molar-refractivity contribution in [2.45, 2.75) is 6.04 Å². The van der Waals surface area contributed by atoms with Crippen molar-refractivity contribution in [3.8, 4) is 0 Å². The van der Waals surface area contributed by atoms with Gasteiger partial charge in [0.15, 0.2) is 0 Å². The molecule has 0 aliphatic heterocycles. The van der Waals surface area contributed by atoms with Crippen molar-refractivity contribution in [3.05, 3.63) is 36.2 Å².